The maximum absolute atomic E-state index is 12.5. The maximum Gasteiger partial charge on any atom is 0.244 e. The highest BCUT2D eigenvalue weighted by molar-refractivity contribution is 7.89. The van der Waals surface area contributed by atoms with Crippen molar-refractivity contribution in [3.8, 4) is 0 Å². The van der Waals surface area contributed by atoms with Gasteiger partial charge in [0.15, 0.2) is 0 Å². The zero-order valence-corrected chi connectivity index (χ0v) is 17.0. The molecule has 2 aliphatic rings. The molecule has 1 aromatic heterocycles. The summed E-state index contributed by atoms with van der Waals surface area (Å²) in [5.74, 6) is 0.682. The van der Waals surface area contributed by atoms with Gasteiger partial charge in [-0.05, 0) is 62.0 Å². The molecule has 2 saturated heterocycles. The van der Waals surface area contributed by atoms with Crippen molar-refractivity contribution >= 4 is 15.8 Å². The largest absolute Gasteiger partial charge is 0.366 e. The molecule has 0 radical (unpaired) electrons. The Bertz CT molecular complexity index is 870. The molecule has 28 heavy (non-hydrogen) atoms. The second kappa shape index (κ2) is 8.59. The van der Waals surface area contributed by atoms with Gasteiger partial charge in [0.1, 0.15) is 10.7 Å². The summed E-state index contributed by atoms with van der Waals surface area (Å²) in [6.07, 6.45) is 5.95. The average Bonchev–Trinajstić information content (AvgIpc) is 3.42. The minimum atomic E-state index is -3.40. The van der Waals surface area contributed by atoms with Gasteiger partial charge in [-0.15, -0.1) is 0 Å². The number of benzene rings is 1. The van der Waals surface area contributed by atoms with E-state index in [-0.39, 0.29) is 4.90 Å². The topological polar surface area (TPSA) is 65.5 Å². The monoisotopic (exact) mass is 400 g/mol. The van der Waals surface area contributed by atoms with E-state index in [1.807, 2.05) is 0 Å². The molecule has 2 fully saturated rings. The second-order valence-electron chi connectivity index (χ2n) is 7.64. The van der Waals surface area contributed by atoms with Crippen LogP contribution in [0.25, 0.3) is 0 Å². The van der Waals surface area contributed by atoms with Crippen molar-refractivity contribution in [2.45, 2.75) is 43.7 Å². The van der Waals surface area contributed by atoms with Crippen LogP contribution in [-0.4, -0.2) is 48.8 Å². The van der Waals surface area contributed by atoms with Crippen molar-refractivity contribution in [2.24, 2.45) is 0 Å². The van der Waals surface area contributed by atoms with Crippen molar-refractivity contribution in [1.82, 2.24) is 14.2 Å². The van der Waals surface area contributed by atoms with Gasteiger partial charge in [-0.25, -0.2) is 13.4 Å². The third-order valence-electron chi connectivity index (χ3n) is 5.54. The number of nitrogens with zero attached hydrogens (tertiary/aromatic N) is 3. The molecule has 0 spiro atoms. The molecule has 1 N–H and O–H groups in total. The lowest BCUT2D eigenvalue weighted by molar-refractivity contribution is 0.331. The molecule has 3 heterocycles. The molecule has 0 unspecified atom stereocenters. The van der Waals surface area contributed by atoms with Gasteiger partial charge in [0.05, 0.1) is 0 Å². The summed E-state index contributed by atoms with van der Waals surface area (Å²) < 4.78 is 26.6. The summed E-state index contributed by atoms with van der Waals surface area (Å²) in [6.45, 7) is 5.32. The Morgan fingerprint density at radius 1 is 0.857 bits per heavy atom. The van der Waals surface area contributed by atoms with E-state index < -0.39 is 10.0 Å². The summed E-state index contributed by atoms with van der Waals surface area (Å²) in [6, 6.07) is 12.0. The first-order valence-corrected chi connectivity index (χ1v) is 11.6. The molecule has 4 rings (SSSR count). The van der Waals surface area contributed by atoms with E-state index in [4.69, 9.17) is 0 Å². The predicted molar refractivity (Wildman–Crippen MR) is 111 cm³/mol. The van der Waals surface area contributed by atoms with Gasteiger partial charge in [-0.1, -0.05) is 24.3 Å². The lowest BCUT2D eigenvalue weighted by atomic mass is 10.1. The first-order chi connectivity index (χ1) is 13.6. The van der Waals surface area contributed by atoms with E-state index >= 15 is 0 Å². The highest BCUT2D eigenvalue weighted by Gasteiger charge is 2.27. The summed E-state index contributed by atoms with van der Waals surface area (Å²) in [5.41, 5.74) is 2.53. The smallest absolute Gasteiger partial charge is 0.244 e. The van der Waals surface area contributed by atoms with Crippen LogP contribution in [0.15, 0.2) is 47.5 Å². The molecule has 1 aromatic carbocycles. The maximum atomic E-state index is 12.5. The number of hydrogen-bond acceptors (Lipinski definition) is 5. The number of aromatic nitrogens is 1. The zero-order chi connectivity index (χ0) is 19.4. The van der Waals surface area contributed by atoms with E-state index in [2.05, 4.69) is 39.5 Å². The van der Waals surface area contributed by atoms with Gasteiger partial charge in [0.25, 0.3) is 0 Å². The first-order valence-electron chi connectivity index (χ1n) is 10.1. The number of nitrogens with one attached hydrogen (secondary N) is 1. The lowest BCUT2D eigenvalue weighted by Crippen LogP contribution is -2.27. The van der Waals surface area contributed by atoms with Gasteiger partial charge < -0.3 is 5.32 Å². The fourth-order valence-electron chi connectivity index (χ4n) is 3.87. The van der Waals surface area contributed by atoms with Crippen LogP contribution in [0.5, 0.6) is 0 Å². The summed E-state index contributed by atoms with van der Waals surface area (Å²) in [4.78, 5) is 7.06. The van der Waals surface area contributed by atoms with Crippen molar-refractivity contribution in [3.63, 3.8) is 0 Å². The van der Waals surface area contributed by atoms with Gasteiger partial charge in [0.2, 0.25) is 10.0 Å². The molecule has 150 valence electrons. The van der Waals surface area contributed by atoms with Crippen LogP contribution in [0.3, 0.4) is 0 Å². The quantitative estimate of drug-likeness (QED) is 0.774. The third-order valence-corrected chi connectivity index (χ3v) is 7.42. The zero-order valence-electron chi connectivity index (χ0n) is 16.2. The Labute approximate surface area is 167 Å². The molecule has 0 aliphatic carbocycles. The fraction of sp³-hybridized carbons (Fsp3) is 0.476. The lowest BCUT2D eigenvalue weighted by Gasteiger charge is -2.15. The number of pyridine rings is 1. The van der Waals surface area contributed by atoms with Crippen molar-refractivity contribution in [3.05, 3.63) is 53.7 Å². The molecule has 2 aromatic rings. The van der Waals surface area contributed by atoms with Crippen molar-refractivity contribution in [1.29, 1.82) is 0 Å². The minimum Gasteiger partial charge on any atom is -0.366 e. The molecule has 0 bridgehead atoms. The van der Waals surface area contributed by atoms with Crippen LogP contribution in [0.2, 0.25) is 0 Å². The number of anilines is 1. The van der Waals surface area contributed by atoms with Crippen LogP contribution >= 0.6 is 0 Å². The Balaban J connectivity index is 1.32. The molecular weight excluding hydrogens is 372 g/mol. The van der Waals surface area contributed by atoms with Crippen LogP contribution in [0.1, 0.15) is 36.8 Å². The minimum absolute atomic E-state index is 0.270. The average molecular weight is 401 g/mol. The SMILES string of the molecule is O=S(=O)(c1ccc(NCc2ccc(CN3CCCC3)cc2)nc1)N1CCCC1. The number of likely N-dealkylation sites (tertiary alicyclic amines) is 1. The van der Waals surface area contributed by atoms with Crippen LogP contribution in [0.4, 0.5) is 5.82 Å². The highest BCUT2D eigenvalue weighted by Crippen LogP contribution is 2.21. The number of rotatable bonds is 7. The van der Waals surface area contributed by atoms with E-state index in [9.17, 15) is 8.42 Å². The Hall–Kier alpha value is -1.96. The molecule has 2 aliphatic heterocycles. The number of hydrogen-bond donors (Lipinski definition) is 1. The molecule has 6 nitrogen and oxygen atoms in total. The Morgan fingerprint density at radius 3 is 2.14 bits per heavy atom. The molecular formula is C21H28N4O2S. The van der Waals surface area contributed by atoms with E-state index in [1.54, 1.807) is 16.4 Å². The summed E-state index contributed by atoms with van der Waals surface area (Å²) in [5, 5.41) is 3.27. The van der Waals surface area contributed by atoms with Crippen LogP contribution in [-0.2, 0) is 23.1 Å². The summed E-state index contributed by atoms with van der Waals surface area (Å²) >= 11 is 0. The molecule has 0 saturated carbocycles. The van der Waals surface area contributed by atoms with Crippen molar-refractivity contribution < 1.29 is 8.42 Å². The standard InChI is InChI=1S/C21H28N4O2S/c26-28(27,25-13-3-4-14-25)20-9-10-21(23-16-20)22-15-18-5-7-19(8-6-18)17-24-11-1-2-12-24/h5-10,16H,1-4,11-15,17H2,(H,22,23). The second-order valence-corrected chi connectivity index (χ2v) is 9.58. The molecule has 0 atom stereocenters. The van der Waals surface area contributed by atoms with Gasteiger partial charge in [-0.3, -0.25) is 4.90 Å². The van der Waals surface area contributed by atoms with Gasteiger partial charge >= 0.3 is 0 Å². The van der Waals surface area contributed by atoms with Crippen LogP contribution in [0, 0.1) is 0 Å². The third kappa shape index (κ3) is 4.54. The van der Waals surface area contributed by atoms with Crippen molar-refractivity contribution in [2.75, 3.05) is 31.5 Å². The molecule has 0 amide bonds. The van der Waals surface area contributed by atoms with Gasteiger partial charge in [-0.2, -0.15) is 4.31 Å². The normalized spacial score (nSPS) is 18.6. The highest BCUT2D eigenvalue weighted by atomic mass is 32.2. The molecule has 7 heteroatoms. The van der Waals surface area contributed by atoms with E-state index in [0.717, 1.165) is 19.4 Å². The Morgan fingerprint density at radius 2 is 1.50 bits per heavy atom. The van der Waals surface area contributed by atoms with E-state index in [1.165, 1.54) is 43.3 Å². The first kappa shape index (κ1) is 19.4. The Kier molecular flexibility index (Phi) is 5.94. The fourth-order valence-corrected chi connectivity index (χ4v) is 5.33. The number of sulfonamides is 1. The van der Waals surface area contributed by atoms with E-state index in [0.29, 0.717) is 25.5 Å². The van der Waals surface area contributed by atoms with Gasteiger partial charge in [0, 0.05) is 32.4 Å². The van der Waals surface area contributed by atoms with Crippen LogP contribution < -0.4 is 5.32 Å². The predicted octanol–water partition coefficient (Wildman–Crippen LogP) is 3.07. The summed E-state index contributed by atoms with van der Waals surface area (Å²) in [7, 11) is -3.40.